The maximum Gasteiger partial charge on any atom is 0.219 e. The third-order valence-corrected chi connectivity index (χ3v) is 5.52. The minimum Gasteiger partial charge on any atom is -0.385 e. The summed E-state index contributed by atoms with van der Waals surface area (Å²) in [5.41, 5.74) is 3.02. The Labute approximate surface area is 159 Å². The van der Waals surface area contributed by atoms with Crippen molar-refractivity contribution in [3.8, 4) is 0 Å². The van der Waals surface area contributed by atoms with Gasteiger partial charge in [0.25, 0.3) is 0 Å². The second kappa shape index (κ2) is 7.56. The van der Waals surface area contributed by atoms with Crippen LogP contribution in [0.1, 0.15) is 26.2 Å². The van der Waals surface area contributed by atoms with Crippen LogP contribution in [-0.4, -0.2) is 53.6 Å². The summed E-state index contributed by atoms with van der Waals surface area (Å²) in [4.78, 5) is 13.8. The van der Waals surface area contributed by atoms with Crippen LogP contribution in [-0.2, 0) is 9.53 Å². The quantitative estimate of drug-likeness (QED) is 0.648. The zero-order valence-corrected chi connectivity index (χ0v) is 15.7. The van der Waals surface area contributed by atoms with Gasteiger partial charge >= 0.3 is 0 Å². The van der Waals surface area contributed by atoms with Crippen LogP contribution >= 0.6 is 0 Å². The number of para-hydroxylation sites is 1. The molecule has 0 bridgehead atoms. The third-order valence-electron chi connectivity index (χ3n) is 5.52. The number of rotatable bonds is 3. The Hall–Kier alpha value is -2.60. The van der Waals surface area contributed by atoms with E-state index in [1.165, 1.54) is 0 Å². The molecule has 6 heteroatoms. The fraction of sp³-hybridized carbons (Fsp3) is 0.429. The number of aromatic nitrogens is 1. The second-order valence-electron chi connectivity index (χ2n) is 7.27. The molecular weight excluding hydrogens is 340 g/mol. The summed E-state index contributed by atoms with van der Waals surface area (Å²) in [5, 5.41) is 13.7. The molecule has 1 amide bonds. The van der Waals surface area contributed by atoms with E-state index in [1.54, 1.807) is 6.92 Å². The number of hydrogen-bond donors (Lipinski definition) is 2. The summed E-state index contributed by atoms with van der Waals surface area (Å²) < 4.78 is 7.38. The van der Waals surface area contributed by atoms with E-state index >= 15 is 0 Å². The highest BCUT2D eigenvalue weighted by molar-refractivity contribution is 6.04. The molecule has 1 saturated heterocycles. The molecule has 0 unspecified atom stereocenters. The molecule has 1 fully saturated rings. The highest BCUT2D eigenvalue weighted by Gasteiger charge is 2.26. The lowest BCUT2D eigenvalue weighted by Gasteiger charge is -2.34. The van der Waals surface area contributed by atoms with Crippen molar-refractivity contribution in [3.63, 3.8) is 0 Å². The average Bonchev–Trinajstić information content (AvgIpc) is 3.12. The van der Waals surface area contributed by atoms with E-state index in [0.717, 1.165) is 54.6 Å². The Morgan fingerprint density at radius 2 is 2.00 bits per heavy atom. The second-order valence-corrected chi connectivity index (χ2v) is 7.27. The first-order valence-corrected chi connectivity index (χ1v) is 9.60. The molecule has 1 aromatic heterocycles. The molecule has 0 spiro atoms. The van der Waals surface area contributed by atoms with Crippen LogP contribution in [0.25, 0.3) is 10.9 Å². The van der Waals surface area contributed by atoms with Gasteiger partial charge in [0, 0.05) is 56.6 Å². The minimum atomic E-state index is 0.0581. The minimum absolute atomic E-state index is 0.0581. The molecule has 0 aliphatic carbocycles. The highest BCUT2D eigenvalue weighted by atomic mass is 16.5. The van der Waals surface area contributed by atoms with E-state index in [0.29, 0.717) is 25.0 Å². The van der Waals surface area contributed by atoms with Crippen molar-refractivity contribution in [3.05, 3.63) is 47.8 Å². The molecule has 2 aliphatic heterocycles. The molecule has 2 N–H and O–H groups in total. The van der Waals surface area contributed by atoms with Gasteiger partial charge in [-0.25, -0.2) is 0 Å². The first-order chi connectivity index (χ1) is 13.1. The number of nitrogens with one attached hydrogen (secondary N) is 2. The summed E-state index contributed by atoms with van der Waals surface area (Å²) in [6.07, 6.45) is 4.66. The number of benzene rings is 1. The van der Waals surface area contributed by atoms with Gasteiger partial charge in [-0.15, -0.1) is 0 Å². The van der Waals surface area contributed by atoms with Gasteiger partial charge in [0.05, 0.1) is 12.1 Å². The maximum atomic E-state index is 12.0. The molecule has 0 saturated carbocycles. The highest BCUT2D eigenvalue weighted by Crippen LogP contribution is 2.23. The summed E-state index contributed by atoms with van der Waals surface area (Å²) in [5.74, 6) is 0.500. The fourth-order valence-electron chi connectivity index (χ4n) is 3.92. The monoisotopic (exact) mass is 366 g/mol. The van der Waals surface area contributed by atoms with Gasteiger partial charge in [0.2, 0.25) is 5.91 Å². The van der Waals surface area contributed by atoms with Crippen molar-refractivity contribution in [2.75, 3.05) is 26.3 Å². The molecule has 1 aromatic carbocycles. The third kappa shape index (κ3) is 3.62. The van der Waals surface area contributed by atoms with Crippen LogP contribution in [0.4, 0.5) is 0 Å². The zero-order chi connectivity index (χ0) is 18.8. The molecule has 27 heavy (non-hydrogen) atoms. The lowest BCUT2D eigenvalue weighted by molar-refractivity contribution is -0.128. The van der Waals surface area contributed by atoms with Gasteiger partial charge in [-0.3, -0.25) is 10.2 Å². The van der Waals surface area contributed by atoms with Crippen molar-refractivity contribution < 1.29 is 9.53 Å². The summed E-state index contributed by atoms with van der Waals surface area (Å²) in [6, 6.07) is 10.5. The Morgan fingerprint density at radius 1 is 1.22 bits per heavy atom. The van der Waals surface area contributed by atoms with Crippen LogP contribution in [0.2, 0.25) is 0 Å². The lowest BCUT2D eigenvalue weighted by atomic mass is 10.0. The first kappa shape index (κ1) is 17.8. The summed E-state index contributed by atoms with van der Waals surface area (Å²) >= 11 is 0. The van der Waals surface area contributed by atoms with Crippen LogP contribution < -0.4 is 5.32 Å². The maximum absolute atomic E-state index is 12.0. The van der Waals surface area contributed by atoms with E-state index in [2.05, 4.69) is 11.4 Å². The molecule has 3 heterocycles. The predicted octanol–water partition coefficient (Wildman–Crippen LogP) is 2.74. The van der Waals surface area contributed by atoms with Gasteiger partial charge in [-0.05, 0) is 30.4 Å². The number of nitrogens with zero attached hydrogens (tertiary/aromatic N) is 2. The molecule has 2 aromatic rings. The Bertz CT molecular complexity index is 892. The van der Waals surface area contributed by atoms with Gasteiger partial charge in [0.1, 0.15) is 5.84 Å². The van der Waals surface area contributed by atoms with Crippen molar-refractivity contribution in [2.45, 2.75) is 32.2 Å². The molecule has 0 radical (unpaired) electrons. The van der Waals surface area contributed by atoms with Gasteiger partial charge in [-0.1, -0.05) is 18.2 Å². The topological polar surface area (TPSA) is 70.4 Å². The average molecular weight is 366 g/mol. The van der Waals surface area contributed by atoms with Crippen LogP contribution in [0.5, 0.6) is 0 Å². The molecular formula is C21H26N4O2. The predicted molar refractivity (Wildman–Crippen MR) is 106 cm³/mol. The van der Waals surface area contributed by atoms with Crippen molar-refractivity contribution in [1.29, 1.82) is 5.41 Å². The van der Waals surface area contributed by atoms with Crippen molar-refractivity contribution >= 4 is 22.6 Å². The van der Waals surface area contributed by atoms with Gasteiger partial charge in [0.15, 0.2) is 0 Å². The molecule has 2 aliphatic rings. The smallest absolute Gasteiger partial charge is 0.219 e. The van der Waals surface area contributed by atoms with Gasteiger partial charge in [-0.2, -0.15) is 0 Å². The Balaban J connectivity index is 1.68. The lowest BCUT2D eigenvalue weighted by Crippen LogP contribution is -2.43. The number of ether oxygens (including phenoxy) is 1. The van der Waals surface area contributed by atoms with E-state index < -0.39 is 0 Å². The number of fused-ring (bicyclic) bond motifs is 1. The zero-order valence-electron chi connectivity index (χ0n) is 15.7. The standard InChI is InChI=1S/C21H26N4O2/c1-15(26)24-10-7-19(23-17-8-12-27-13-9-17)18(14-24)21(22)25-11-6-16-4-2-3-5-20(16)25/h2-6,11,17,22-23H,7-10,12-14H2,1H3. The molecule has 0 atom stereocenters. The largest absolute Gasteiger partial charge is 0.385 e. The van der Waals surface area contributed by atoms with Gasteiger partial charge < -0.3 is 19.5 Å². The first-order valence-electron chi connectivity index (χ1n) is 9.60. The molecule has 142 valence electrons. The molecule has 6 nitrogen and oxygen atoms in total. The number of carbonyl (C=O) groups excluding carboxylic acids is 1. The van der Waals surface area contributed by atoms with Crippen molar-refractivity contribution in [2.24, 2.45) is 0 Å². The summed E-state index contributed by atoms with van der Waals surface area (Å²) in [6.45, 7) is 4.33. The van der Waals surface area contributed by atoms with Crippen molar-refractivity contribution in [1.82, 2.24) is 14.8 Å². The van der Waals surface area contributed by atoms with E-state index in [-0.39, 0.29) is 5.91 Å². The SMILES string of the molecule is CC(=O)N1CCC(NC2CCOCC2)=C(C(=N)n2ccc3ccccc32)C1. The van der Waals surface area contributed by atoms with Crippen LogP contribution in [0.15, 0.2) is 47.8 Å². The Morgan fingerprint density at radius 3 is 2.78 bits per heavy atom. The van der Waals surface area contributed by atoms with Crippen LogP contribution in [0.3, 0.4) is 0 Å². The number of hydrogen-bond acceptors (Lipinski definition) is 4. The Kier molecular flexibility index (Phi) is 4.99. The number of carbonyl (C=O) groups is 1. The van der Waals surface area contributed by atoms with E-state index in [4.69, 9.17) is 10.1 Å². The normalized spacial score (nSPS) is 18.8. The number of amides is 1. The molecule has 4 rings (SSSR count). The van der Waals surface area contributed by atoms with E-state index in [9.17, 15) is 4.79 Å². The fourth-order valence-corrected chi connectivity index (χ4v) is 3.92. The van der Waals surface area contributed by atoms with Crippen LogP contribution in [0, 0.1) is 5.41 Å². The summed E-state index contributed by atoms with van der Waals surface area (Å²) in [7, 11) is 0. The van der Waals surface area contributed by atoms with E-state index in [1.807, 2.05) is 39.9 Å².